The maximum absolute atomic E-state index is 14.5. The zero-order chi connectivity index (χ0) is 29.1. The van der Waals surface area contributed by atoms with E-state index in [1.54, 1.807) is 6.20 Å². The lowest BCUT2D eigenvalue weighted by Gasteiger charge is -2.31. The molecule has 8 rings (SSSR count). The fraction of sp³-hybridized carbons (Fsp3) is 0.394. The fourth-order valence-electron chi connectivity index (χ4n) is 7.61. The second kappa shape index (κ2) is 10.4. The zero-order valence-corrected chi connectivity index (χ0v) is 24.7. The summed E-state index contributed by atoms with van der Waals surface area (Å²) in [7, 11) is 0. The van der Waals surface area contributed by atoms with Crippen LogP contribution in [0.1, 0.15) is 42.4 Å². The van der Waals surface area contributed by atoms with Gasteiger partial charge in [-0.25, -0.2) is 9.37 Å². The van der Waals surface area contributed by atoms with Gasteiger partial charge in [-0.1, -0.05) is 35.9 Å². The number of hydrogen-bond acceptors (Lipinski definition) is 8. The van der Waals surface area contributed by atoms with Crippen LogP contribution < -0.4 is 26.4 Å². The maximum atomic E-state index is 14.5. The van der Waals surface area contributed by atoms with E-state index in [4.69, 9.17) is 31.8 Å². The number of nitrogens with zero attached hydrogens (tertiary/aromatic N) is 4. The van der Waals surface area contributed by atoms with Crippen LogP contribution in [0, 0.1) is 0 Å². The summed E-state index contributed by atoms with van der Waals surface area (Å²) < 4.78 is 27.7. The Bertz CT molecular complexity index is 1780. The van der Waals surface area contributed by atoms with Gasteiger partial charge in [0.1, 0.15) is 36.8 Å². The first kappa shape index (κ1) is 26.8. The highest BCUT2D eigenvalue weighted by atomic mass is 35.5. The predicted molar refractivity (Wildman–Crippen MR) is 163 cm³/mol. The van der Waals surface area contributed by atoms with E-state index in [0.717, 1.165) is 66.4 Å². The number of alkyl halides is 1. The standard InChI is InChI=1S/C33H34ClFN6O2/c34-29-25(24-9-2-6-20-5-1-8-23(20)24)13-26-28-30(29)38-19-39-32(28)40(15-21-7-3-11-37-31(21)36)17-27(43-26)42-18-33-10-4-12-41(33)16-22(35)14-33/h2-3,6-7,9,11,13,17,22,39H,1,4-5,8,10,12,14-16,18-19H2,(H2,36,37)/t22-,33+/m1/s1. The van der Waals surface area contributed by atoms with Gasteiger partial charge < -0.3 is 25.4 Å². The van der Waals surface area contributed by atoms with Crippen LogP contribution in [0.2, 0.25) is 5.02 Å². The molecule has 43 heavy (non-hydrogen) atoms. The molecule has 0 spiro atoms. The number of nitrogens with one attached hydrogen (secondary N) is 1. The molecule has 3 aromatic rings. The quantitative estimate of drug-likeness (QED) is 0.442. The van der Waals surface area contributed by atoms with E-state index in [9.17, 15) is 4.39 Å². The molecule has 0 bridgehead atoms. The third kappa shape index (κ3) is 4.52. The van der Waals surface area contributed by atoms with Crippen LogP contribution in [0.15, 0.2) is 59.7 Å². The van der Waals surface area contributed by atoms with Crippen LogP contribution in [-0.2, 0) is 24.1 Å². The molecule has 4 aliphatic heterocycles. The number of aryl methyl sites for hydroxylation is 1. The van der Waals surface area contributed by atoms with Gasteiger partial charge in [0.2, 0.25) is 0 Å². The fourth-order valence-corrected chi connectivity index (χ4v) is 7.92. The summed E-state index contributed by atoms with van der Waals surface area (Å²) in [5, 5.41) is 5.52. The highest BCUT2D eigenvalue weighted by Gasteiger charge is 2.49. The minimum atomic E-state index is -0.835. The van der Waals surface area contributed by atoms with Crippen molar-refractivity contribution in [3.8, 4) is 16.9 Å². The first-order valence-corrected chi connectivity index (χ1v) is 15.5. The van der Waals surface area contributed by atoms with Gasteiger partial charge in [0.15, 0.2) is 0 Å². The Hall–Kier alpha value is -3.82. The van der Waals surface area contributed by atoms with Gasteiger partial charge in [0.05, 0.1) is 33.9 Å². The van der Waals surface area contributed by atoms with Crippen molar-refractivity contribution in [2.75, 3.05) is 32.1 Å². The summed E-state index contributed by atoms with van der Waals surface area (Å²) in [5.41, 5.74) is 11.6. The van der Waals surface area contributed by atoms with Gasteiger partial charge in [-0.05, 0) is 67.5 Å². The molecule has 222 valence electrons. The molecule has 5 aliphatic rings. The Kier molecular flexibility index (Phi) is 6.49. The number of ether oxygens (including phenoxy) is 2. The highest BCUT2D eigenvalue weighted by molar-refractivity contribution is 6.33. The number of benzene rings is 2. The van der Waals surface area contributed by atoms with Gasteiger partial charge in [0, 0.05) is 30.3 Å². The zero-order valence-electron chi connectivity index (χ0n) is 23.9. The summed E-state index contributed by atoms with van der Waals surface area (Å²) in [4.78, 5) is 13.4. The number of rotatable bonds is 6. The number of fused-ring (bicyclic) bond motifs is 2. The van der Waals surface area contributed by atoms with Crippen LogP contribution in [0.4, 0.5) is 10.2 Å². The minimum Gasteiger partial charge on any atom is -0.462 e. The van der Waals surface area contributed by atoms with Crippen molar-refractivity contribution in [1.82, 2.24) is 20.1 Å². The molecular formula is C33H34ClFN6O2. The van der Waals surface area contributed by atoms with Crippen LogP contribution in [0.5, 0.6) is 5.75 Å². The molecule has 3 N–H and O–H groups in total. The van der Waals surface area contributed by atoms with Gasteiger partial charge in [-0.3, -0.25) is 9.89 Å². The summed E-state index contributed by atoms with van der Waals surface area (Å²) in [5.74, 6) is 2.21. The largest absolute Gasteiger partial charge is 0.462 e. The molecule has 8 nitrogen and oxygen atoms in total. The van der Waals surface area contributed by atoms with E-state index in [2.05, 4.69) is 33.4 Å². The first-order valence-electron chi connectivity index (χ1n) is 15.1. The Balaban J connectivity index is 1.25. The van der Waals surface area contributed by atoms with Crippen molar-refractivity contribution in [2.24, 2.45) is 4.99 Å². The molecule has 1 aliphatic carbocycles. The van der Waals surface area contributed by atoms with Crippen molar-refractivity contribution in [2.45, 2.75) is 56.8 Å². The molecule has 1 aromatic heterocycles. The van der Waals surface area contributed by atoms with E-state index in [1.807, 2.05) is 29.3 Å². The average molecular weight is 601 g/mol. The van der Waals surface area contributed by atoms with Crippen LogP contribution in [-0.4, -0.2) is 52.9 Å². The lowest BCUT2D eigenvalue weighted by molar-refractivity contribution is 0.0266. The molecule has 0 unspecified atom stereocenters. The van der Waals surface area contributed by atoms with E-state index in [1.165, 1.54) is 11.1 Å². The van der Waals surface area contributed by atoms with Crippen molar-refractivity contribution < 1.29 is 13.9 Å². The molecule has 0 amide bonds. The molecule has 2 fully saturated rings. The van der Waals surface area contributed by atoms with Crippen molar-refractivity contribution in [3.63, 3.8) is 0 Å². The molecule has 2 aromatic carbocycles. The molecule has 0 radical (unpaired) electrons. The lowest BCUT2D eigenvalue weighted by Crippen LogP contribution is -2.43. The molecule has 2 saturated heterocycles. The topological polar surface area (TPSA) is 88.2 Å². The van der Waals surface area contributed by atoms with Crippen molar-refractivity contribution in [1.29, 1.82) is 0 Å². The SMILES string of the molecule is Nc1ncccc1CN1C=C(OC[C@@]23CCCN2C[C@H](F)C3)Oc2cc(-c3cccc4c3CCC4)c(Cl)c3c2=C1NCN=3. The monoisotopic (exact) mass is 600 g/mol. The van der Waals surface area contributed by atoms with Crippen molar-refractivity contribution >= 4 is 23.2 Å². The molecule has 5 heterocycles. The van der Waals surface area contributed by atoms with Gasteiger partial charge in [0.25, 0.3) is 0 Å². The Labute approximate surface area is 254 Å². The Morgan fingerprint density at radius 3 is 3.02 bits per heavy atom. The Morgan fingerprint density at radius 2 is 2.12 bits per heavy atom. The summed E-state index contributed by atoms with van der Waals surface area (Å²) in [6.07, 6.45) is 8.37. The van der Waals surface area contributed by atoms with Crippen LogP contribution in [0.25, 0.3) is 16.9 Å². The number of pyridine rings is 1. The van der Waals surface area contributed by atoms with E-state index >= 15 is 0 Å². The number of halogens is 2. The third-order valence-corrected chi connectivity index (χ3v) is 10.0. The first-order chi connectivity index (χ1) is 21.0. The highest BCUT2D eigenvalue weighted by Crippen LogP contribution is 2.41. The van der Waals surface area contributed by atoms with Gasteiger partial charge >= 0.3 is 5.95 Å². The second-order valence-electron chi connectivity index (χ2n) is 12.2. The number of nitrogens with two attached hydrogens (primary N) is 1. The molecule has 2 atom stereocenters. The van der Waals surface area contributed by atoms with Crippen LogP contribution in [0.3, 0.4) is 0 Å². The number of anilines is 1. The smallest absolute Gasteiger partial charge is 0.301 e. The molecule has 10 heteroatoms. The Morgan fingerprint density at radius 1 is 1.19 bits per heavy atom. The lowest BCUT2D eigenvalue weighted by atomic mass is 9.95. The molecular weight excluding hydrogens is 567 g/mol. The van der Waals surface area contributed by atoms with E-state index in [-0.39, 0.29) is 5.54 Å². The predicted octanol–water partition coefficient (Wildman–Crippen LogP) is 4.01. The van der Waals surface area contributed by atoms with Gasteiger partial charge in [-0.15, -0.1) is 0 Å². The van der Waals surface area contributed by atoms with E-state index < -0.39 is 6.17 Å². The van der Waals surface area contributed by atoms with E-state index in [0.29, 0.717) is 60.7 Å². The number of aromatic nitrogens is 1. The minimum absolute atomic E-state index is 0.313. The number of hydrogen-bond donors (Lipinski definition) is 2. The third-order valence-electron chi connectivity index (χ3n) is 9.63. The van der Waals surface area contributed by atoms with Crippen LogP contribution >= 0.6 is 11.6 Å². The summed E-state index contributed by atoms with van der Waals surface area (Å²) >= 11 is 7.20. The van der Waals surface area contributed by atoms with Gasteiger partial charge in [-0.2, -0.15) is 0 Å². The normalized spacial score (nSPS) is 23.9. The molecule has 0 saturated carbocycles. The average Bonchev–Trinajstić information content (AvgIpc) is 3.69. The van der Waals surface area contributed by atoms with Crippen molar-refractivity contribution in [3.05, 3.63) is 87.0 Å². The number of nitrogen functional groups attached to an aromatic ring is 1. The second-order valence-corrected chi connectivity index (χ2v) is 12.6. The maximum Gasteiger partial charge on any atom is 0.301 e. The summed E-state index contributed by atoms with van der Waals surface area (Å²) in [6, 6.07) is 12.3. The summed E-state index contributed by atoms with van der Waals surface area (Å²) in [6.45, 7) is 2.50.